The van der Waals surface area contributed by atoms with Crippen LogP contribution in [0.5, 0.6) is 0 Å². The smallest absolute Gasteiger partial charge is 0.272 e. The second-order valence-electron chi connectivity index (χ2n) is 5.84. The lowest BCUT2D eigenvalue weighted by Crippen LogP contribution is -2.28. The Kier molecular flexibility index (Phi) is 5.59. The molecule has 24 heavy (non-hydrogen) atoms. The van der Waals surface area contributed by atoms with Crippen LogP contribution >= 0.6 is 23.2 Å². The van der Waals surface area contributed by atoms with E-state index < -0.39 is 0 Å². The van der Waals surface area contributed by atoms with Crippen molar-refractivity contribution in [2.24, 2.45) is 0 Å². The highest BCUT2D eigenvalue weighted by Crippen LogP contribution is 2.21. The van der Waals surface area contributed by atoms with Gasteiger partial charge in [0.15, 0.2) is 0 Å². The lowest BCUT2D eigenvalue weighted by molar-refractivity contribution is 0.0787. The van der Waals surface area contributed by atoms with Crippen LogP contribution in [0.2, 0.25) is 10.0 Å². The first-order chi connectivity index (χ1) is 11.6. The summed E-state index contributed by atoms with van der Waals surface area (Å²) >= 11 is 12.1. The van der Waals surface area contributed by atoms with Gasteiger partial charge in [0.25, 0.3) is 5.91 Å². The molecule has 1 amide bonds. The van der Waals surface area contributed by atoms with Crippen LogP contribution in [-0.4, -0.2) is 35.4 Å². The van der Waals surface area contributed by atoms with Gasteiger partial charge >= 0.3 is 0 Å². The van der Waals surface area contributed by atoms with Gasteiger partial charge in [-0.15, -0.1) is 0 Å². The molecule has 0 unspecified atom stereocenters. The third-order valence-corrected chi connectivity index (χ3v) is 4.70. The molecule has 2 heterocycles. The monoisotopic (exact) mass is 363 g/mol. The lowest BCUT2D eigenvalue weighted by atomic mass is 10.1. The number of anilines is 1. The van der Waals surface area contributed by atoms with Crippen molar-refractivity contribution in [3.8, 4) is 0 Å². The van der Waals surface area contributed by atoms with Crippen LogP contribution in [0, 0.1) is 0 Å². The molecule has 126 valence electrons. The van der Waals surface area contributed by atoms with Gasteiger partial charge in [0.05, 0.1) is 0 Å². The molecule has 1 saturated heterocycles. The number of hydrogen-bond acceptors (Lipinski definition) is 3. The minimum Gasteiger partial charge on any atom is -0.385 e. The third-order valence-electron chi connectivity index (χ3n) is 4.11. The predicted molar refractivity (Wildman–Crippen MR) is 98.0 cm³/mol. The number of aromatic nitrogens is 1. The summed E-state index contributed by atoms with van der Waals surface area (Å²) in [5.74, 6) is 0.0110. The van der Waals surface area contributed by atoms with E-state index in [0.29, 0.717) is 22.3 Å². The van der Waals surface area contributed by atoms with Gasteiger partial charge in [0.2, 0.25) is 0 Å². The Labute approximate surface area is 151 Å². The number of nitrogens with zero attached hydrogens (tertiary/aromatic N) is 2. The van der Waals surface area contributed by atoms with Crippen molar-refractivity contribution in [2.75, 3.05) is 25.0 Å². The van der Waals surface area contributed by atoms with Gasteiger partial charge in [0.1, 0.15) is 5.69 Å². The highest BCUT2D eigenvalue weighted by Gasteiger charge is 2.20. The van der Waals surface area contributed by atoms with Crippen LogP contribution in [0.3, 0.4) is 0 Å². The van der Waals surface area contributed by atoms with Gasteiger partial charge in [0, 0.05) is 41.6 Å². The van der Waals surface area contributed by atoms with Crippen LogP contribution in [0.25, 0.3) is 0 Å². The van der Waals surface area contributed by atoms with E-state index in [1.807, 2.05) is 29.2 Å². The second kappa shape index (κ2) is 7.86. The van der Waals surface area contributed by atoms with Crippen molar-refractivity contribution >= 4 is 34.8 Å². The number of carbonyl (C=O) groups is 1. The number of amides is 1. The molecule has 0 aliphatic carbocycles. The lowest BCUT2D eigenvalue weighted by Gasteiger charge is -2.15. The molecule has 1 fully saturated rings. The van der Waals surface area contributed by atoms with E-state index in [-0.39, 0.29) is 5.91 Å². The SMILES string of the molecule is O=C(c1cc(NCCc2ccc(Cl)cc2Cl)ccn1)N1CCCC1. The zero-order valence-corrected chi connectivity index (χ0v) is 14.8. The number of carbonyl (C=O) groups excluding carboxylic acids is 1. The minimum atomic E-state index is 0.0110. The first-order valence-electron chi connectivity index (χ1n) is 8.06. The summed E-state index contributed by atoms with van der Waals surface area (Å²) in [6.07, 6.45) is 4.59. The molecule has 0 atom stereocenters. The molecule has 1 aromatic heterocycles. The topological polar surface area (TPSA) is 45.2 Å². The van der Waals surface area contributed by atoms with Gasteiger partial charge in [-0.2, -0.15) is 0 Å². The van der Waals surface area contributed by atoms with Gasteiger partial charge in [-0.1, -0.05) is 29.3 Å². The summed E-state index contributed by atoms with van der Waals surface area (Å²) in [4.78, 5) is 18.4. The van der Waals surface area contributed by atoms with Gasteiger partial charge in [-0.3, -0.25) is 9.78 Å². The minimum absolute atomic E-state index is 0.0110. The average molecular weight is 364 g/mol. The number of rotatable bonds is 5. The number of nitrogens with one attached hydrogen (secondary N) is 1. The first-order valence-corrected chi connectivity index (χ1v) is 8.82. The Bertz CT molecular complexity index is 730. The van der Waals surface area contributed by atoms with E-state index in [2.05, 4.69) is 10.3 Å². The Morgan fingerprint density at radius 1 is 1.17 bits per heavy atom. The fourth-order valence-corrected chi connectivity index (χ4v) is 3.31. The van der Waals surface area contributed by atoms with Crippen LogP contribution in [0.4, 0.5) is 5.69 Å². The van der Waals surface area contributed by atoms with Crippen molar-refractivity contribution in [1.29, 1.82) is 0 Å². The number of halogens is 2. The molecule has 1 N–H and O–H groups in total. The van der Waals surface area contributed by atoms with Crippen molar-refractivity contribution in [2.45, 2.75) is 19.3 Å². The first kappa shape index (κ1) is 17.1. The molecule has 6 heteroatoms. The largest absolute Gasteiger partial charge is 0.385 e. The van der Waals surface area contributed by atoms with E-state index in [1.54, 1.807) is 12.3 Å². The normalized spacial score (nSPS) is 14.0. The van der Waals surface area contributed by atoms with E-state index in [0.717, 1.165) is 43.6 Å². The molecule has 4 nitrogen and oxygen atoms in total. The summed E-state index contributed by atoms with van der Waals surface area (Å²) in [7, 11) is 0. The Morgan fingerprint density at radius 2 is 1.96 bits per heavy atom. The van der Waals surface area contributed by atoms with Crippen molar-refractivity contribution in [3.63, 3.8) is 0 Å². The van der Waals surface area contributed by atoms with Gasteiger partial charge < -0.3 is 10.2 Å². The summed E-state index contributed by atoms with van der Waals surface area (Å²) in [5, 5.41) is 4.62. The van der Waals surface area contributed by atoms with Crippen molar-refractivity contribution < 1.29 is 4.79 Å². The molecule has 0 bridgehead atoms. The van der Waals surface area contributed by atoms with E-state index in [1.165, 1.54) is 0 Å². The molecule has 0 radical (unpaired) electrons. The van der Waals surface area contributed by atoms with E-state index >= 15 is 0 Å². The fourth-order valence-electron chi connectivity index (χ4n) is 2.81. The molecular formula is C18H19Cl2N3O. The standard InChI is InChI=1S/C18H19Cl2N3O/c19-14-4-3-13(16(20)11-14)5-7-21-15-6-8-22-17(12-15)18(24)23-9-1-2-10-23/h3-4,6,8,11-12H,1-2,5,7,9-10H2,(H,21,22). The van der Waals surface area contributed by atoms with Crippen molar-refractivity contribution in [3.05, 3.63) is 57.8 Å². The predicted octanol–water partition coefficient (Wildman–Crippen LogP) is 4.28. The maximum Gasteiger partial charge on any atom is 0.272 e. The number of benzene rings is 1. The molecule has 2 aromatic rings. The van der Waals surface area contributed by atoms with Gasteiger partial charge in [-0.05, 0) is 49.1 Å². The molecule has 0 saturated carbocycles. The number of likely N-dealkylation sites (tertiary alicyclic amines) is 1. The second-order valence-corrected chi connectivity index (χ2v) is 6.69. The third kappa shape index (κ3) is 4.19. The molecular weight excluding hydrogens is 345 g/mol. The van der Waals surface area contributed by atoms with Crippen LogP contribution < -0.4 is 5.32 Å². The quantitative estimate of drug-likeness (QED) is 0.861. The highest BCUT2D eigenvalue weighted by atomic mass is 35.5. The zero-order valence-electron chi connectivity index (χ0n) is 13.3. The highest BCUT2D eigenvalue weighted by molar-refractivity contribution is 6.35. The summed E-state index contributed by atoms with van der Waals surface area (Å²) < 4.78 is 0. The summed E-state index contributed by atoms with van der Waals surface area (Å²) in [6, 6.07) is 9.19. The molecule has 1 aliphatic rings. The van der Waals surface area contributed by atoms with Crippen LogP contribution in [0.1, 0.15) is 28.9 Å². The average Bonchev–Trinajstić information content (AvgIpc) is 3.11. The maximum absolute atomic E-state index is 12.4. The maximum atomic E-state index is 12.4. The molecule has 1 aromatic carbocycles. The number of pyridine rings is 1. The number of hydrogen-bond donors (Lipinski definition) is 1. The van der Waals surface area contributed by atoms with Gasteiger partial charge in [-0.25, -0.2) is 0 Å². The van der Waals surface area contributed by atoms with E-state index in [9.17, 15) is 4.79 Å². The Balaban J connectivity index is 1.59. The van der Waals surface area contributed by atoms with Crippen molar-refractivity contribution in [1.82, 2.24) is 9.88 Å². The fraction of sp³-hybridized carbons (Fsp3) is 0.333. The van der Waals surface area contributed by atoms with E-state index in [4.69, 9.17) is 23.2 Å². The van der Waals surface area contributed by atoms with Crippen LogP contribution in [-0.2, 0) is 6.42 Å². The Morgan fingerprint density at radius 3 is 2.71 bits per heavy atom. The Hall–Kier alpha value is -1.78. The molecule has 1 aliphatic heterocycles. The van der Waals surface area contributed by atoms with Crippen LogP contribution in [0.15, 0.2) is 36.5 Å². The molecule has 0 spiro atoms. The molecule has 3 rings (SSSR count). The zero-order chi connectivity index (χ0) is 16.9. The summed E-state index contributed by atoms with van der Waals surface area (Å²) in [6.45, 7) is 2.36. The summed E-state index contributed by atoms with van der Waals surface area (Å²) in [5.41, 5.74) is 2.42.